The third-order valence-corrected chi connectivity index (χ3v) is 13.5. The Balaban J connectivity index is 5.43. The summed E-state index contributed by atoms with van der Waals surface area (Å²) < 4.78 is 25.8. The Morgan fingerprint density at radius 3 is 0.885 bits per heavy atom. The van der Waals surface area contributed by atoms with Crippen LogP contribution in [0, 0.1) is 0 Å². The van der Waals surface area contributed by atoms with Crippen LogP contribution in [0.25, 0.3) is 0 Å². The third kappa shape index (κ3) is 8.52. The van der Waals surface area contributed by atoms with Gasteiger partial charge in [0.05, 0.1) is 0 Å². The fourth-order valence-corrected chi connectivity index (χ4v) is 11.3. The normalized spacial score (nSPS) is 13.2. The molecule has 0 aliphatic rings. The first-order valence-corrected chi connectivity index (χ1v) is 15.1. The fraction of sp³-hybridized carbons (Fsp3) is 1.00. The van der Waals surface area contributed by atoms with Crippen molar-refractivity contribution in [2.45, 2.75) is 104 Å². The van der Waals surface area contributed by atoms with Gasteiger partial charge in [-0.1, -0.05) is 55.4 Å². The Kier molecular flexibility index (Phi) is 14.4. The van der Waals surface area contributed by atoms with Crippen molar-refractivity contribution in [2.75, 3.05) is 26.4 Å². The van der Waals surface area contributed by atoms with Crippen LogP contribution in [0.15, 0.2) is 0 Å². The lowest BCUT2D eigenvalue weighted by molar-refractivity contribution is 0.149. The molecule has 0 spiro atoms. The second-order valence-electron chi connectivity index (χ2n) is 7.83. The molecule has 0 saturated heterocycles. The zero-order valence-electron chi connectivity index (χ0n) is 18.9. The number of hydrogen-bond acceptors (Lipinski definition) is 4. The first-order chi connectivity index (χ1) is 12.3. The predicted octanol–water partition coefficient (Wildman–Crippen LogP) is 6.40. The Morgan fingerprint density at radius 1 is 0.500 bits per heavy atom. The minimum Gasteiger partial charge on any atom is -0.394 e. The van der Waals surface area contributed by atoms with Crippen molar-refractivity contribution < 1.29 is 17.7 Å². The molecule has 0 fully saturated rings. The molecule has 0 aromatic rings. The van der Waals surface area contributed by atoms with Crippen molar-refractivity contribution in [3.63, 3.8) is 0 Å². The molecule has 0 rings (SSSR count). The molecule has 0 unspecified atom stereocenters. The van der Waals surface area contributed by atoms with Gasteiger partial charge in [0.25, 0.3) is 0 Å². The van der Waals surface area contributed by atoms with Crippen molar-refractivity contribution in [2.24, 2.45) is 0 Å². The molecule has 0 heterocycles. The lowest BCUT2D eigenvalue weighted by Gasteiger charge is -2.39. The molecule has 0 saturated carbocycles. The van der Waals surface area contributed by atoms with Crippen LogP contribution in [0.2, 0.25) is 23.2 Å². The standard InChI is InChI=1S/C20H46O4Si2/c1-9-13-21-25(19(5)6,22-14-10-2)17-18-26(20(7)8,23-15-11-3)24-16-12-4/h19-20H,9-18H2,1-8H3. The van der Waals surface area contributed by atoms with E-state index in [2.05, 4.69) is 55.4 Å². The summed E-state index contributed by atoms with van der Waals surface area (Å²) in [5.74, 6) is 0. The molecule has 0 radical (unpaired) electrons. The lowest BCUT2D eigenvalue weighted by atomic mass is 10.5. The van der Waals surface area contributed by atoms with Gasteiger partial charge in [-0.25, -0.2) is 0 Å². The summed E-state index contributed by atoms with van der Waals surface area (Å²) in [5.41, 5.74) is 0.855. The Labute approximate surface area is 165 Å². The molecule has 0 aromatic carbocycles. The van der Waals surface area contributed by atoms with Crippen molar-refractivity contribution >= 4 is 17.1 Å². The molecule has 0 N–H and O–H groups in total. The van der Waals surface area contributed by atoms with Crippen LogP contribution in [0.3, 0.4) is 0 Å². The van der Waals surface area contributed by atoms with Crippen molar-refractivity contribution in [3.05, 3.63) is 0 Å². The zero-order valence-corrected chi connectivity index (χ0v) is 20.9. The van der Waals surface area contributed by atoms with Gasteiger partial charge in [0.15, 0.2) is 0 Å². The van der Waals surface area contributed by atoms with Crippen molar-refractivity contribution in [1.82, 2.24) is 0 Å². The maximum absolute atomic E-state index is 6.45. The molecular formula is C20H46O4Si2. The zero-order chi connectivity index (χ0) is 20.1. The highest BCUT2D eigenvalue weighted by Crippen LogP contribution is 2.37. The summed E-state index contributed by atoms with van der Waals surface area (Å²) in [5, 5.41) is 0. The van der Waals surface area contributed by atoms with E-state index < -0.39 is 17.1 Å². The largest absolute Gasteiger partial charge is 0.394 e. The van der Waals surface area contributed by atoms with Gasteiger partial charge in [-0.15, -0.1) is 0 Å². The van der Waals surface area contributed by atoms with Gasteiger partial charge < -0.3 is 17.7 Å². The predicted molar refractivity (Wildman–Crippen MR) is 116 cm³/mol. The highest BCUT2D eigenvalue weighted by molar-refractivity contribution is 6.74. The summed E-state index contributed by atoms with van der Waals surface area (Å²) >= 11 is 0. The van der Waals surface area contributed by atoms with E-state index in [-0.39, 0.29) is 0 Å². The van der Waals surface area contributed by atoms with Gasteiger partial charge in [-0.2, -0.15) is 0 Å². The van der Waals surface area contributed by atoms with E-state index in [0.29, 0.717) is 11.1 Å². The summed E-state index contributed by atoms with van der Waals surface area (Å²) in [6.07, 6.45) is 4.12. The van der Waals surface area contributed by atoms with Crippen LogP contribution in [-0.2, 0) is 17.7 Å². The van der Waals surface area contributed by atoms with E-state index in [4.69, 9.17) is 17.7 Å². The van der Waals surface area contributed by atoms with Gasteiger partial charge in [0.2, 0.25) is 0 Å². The lowest BCUT2D eigenvalue weighted by Crippen LogP contribution is -2.51. The average molecular weight is 407 g/mol. The number of hydrogen-bond donors (Lipinski definition) is 0. The summed E-state index contributed by atoms with van der Waals surface area (Å²) in [6, 6.07) is 1.95. The highest BCUT2D eigenvalue weighted by atomic mass is 28.4. The monoisotopic (exact) mass is 406 g/mol. The highest BCUT2D eigenvalue weighted by Gasteiger charge is 2.48. The van der Waals surface area contributed by atoms with Gasteiger partial charge in [0.1, 0.15) is 0 Å². The molecule has 158 valence electrons. The smallest absolute Gasteiger partial charge is 0.340 e. The molecule has 4 nitrogen and oxygen atoms in total. The van der Waals surface area contributed by atoms with E-state index in [1.807, 2.05) is 0 Å². The summed E-state index contributed by atoms with van der Waals surface area (Å²) in [4.78, 5) is 0. The van der Waals surface area contributed by atoms with Crippen LogP contribution in [0.1, 0.15) is 81.1 Å². The minimum atomic E-state index is -2.27. The van der Waals surface area contributed by atoms with Crippen molar-refractivity contribution in [3.8, 4) is 0 Å². The van der Waals surface area contributed by atoms with E-state index >= 15 is 0 Å². The topological polar surface area (TPSA) is 36.9 Å². The Bertz CT molecular complexity index is 290. The number of rotatable bonds is 17. The van der Waals surface area contributed by atoms with E-state index in [9.17, 15) is 0 Å². The summed E-state index contributed by atoms with van der Waals surface area (Å²) in [6.45, 7) is 20.9. The first kappa shape index (κ1) is 26.3. The van der Waals surface area contributed by atoms with Gasteiger partial charge in [-0.05, 0) is 48.9 Å². The quantitative estimate of drug-likeness (QED) is 0.262. The molecule has 6 heteroatoms. The Morgan fingerprint density at radius 2 is 0.731 bits per heavy atom. The van der Waals surface area contributed by atoms with Crippen molar-refractivity contribution in [1.29, 1.82) is 0 Å². The summed E-state index contributed by atoms with van der Waals surface area (Å²) in [7, 11) is -4.55. The molecule has 0 aliphatic carbocycles. The maximum Gasteiger partial charge on any atom is 0.340 e. The van der Waals surface area contributed by atoms with Gasteiger partial charge in [-0.3, -0.25) is 0 Å². The van der Waals surface area contributed by atoms with Crippen LogP contribution in [0.4, 0.5) is 0 Å². The van der Waals surface area contributed by atoms with Crippen LogP contribution < -0.4 is 0 Å². The first-order valence-electron chi connectivity index (χ1n) is 10.9. The minimum absolute atomic E-state index is 0.428. The fourth-order valence-electron chi connectivity index (χ4n) is 3.06. The second kappa shape index (κ2) is 14.3. The maximum atomic E-state index is 6.45. The van der Waals surface area contributed by atoms with Crippen LogP contribution >= 0.6 is 0 Å². The van der Waals surface area contributed by atoms with E-state index in [1.54, 1.807) is 0 Å². The molecule has 0 bridgehead atoms. The molecule has 0 aromatic heterocycles. The Hall–Kier alpha value is 0.274. The van der Waals surface area contributed by atoms with E-state index in [0.717, 1.165) is 64.2 Å². The molecule has 0 amide bonds. The third-order valence-electron chi connectivity index (χ3n) is 4.78. The molecule has 0 aliphatic heterocycles. The SMILES string of the molecule is CCCO[Si](CC[Si](OCCC)(OCCC)C(C)C)(OCCC)C(C)C. The molecule has 0 atom stereocenters. The van der Waals surface area contributed by atoms with Crippen LogP contribution in [-0.4, -0.2) is 43.5 Å². The van der Waals surface area contributed by atoms with Crippen LogP contribution in [0.5, 0.6) is 0 Å². The molecular weight excluding hydrogens is 360 g/mol. The average Bonchev–Trinajstić information content (AvgIpc) is 2.62. The van der Waals surface area contributed by atoms with E-state index in [1.165, 1.54) is 0 Å². The van der Waals surface area contributed by atoms with Gasteiger partial charge >= 0.3 is 17.1 Å². The van der Waals surface area contributed by atoms with Gasteiger partial charge in [0, 0.05) is 26.4 Å². The molecule has 26 heavy (non-hydrogen) atoms. The second-order valence-corrected chi connectivity index (χ2v) is 15.5.